The molecule has 2 nitrogen and oxygen atoms in total. The van der Waals surface area contributed by atoms with E-state index in [9.17, 15) is 0 Å². The van der Waals surface area contributed by atoms with Crippen LogP contribution in [-0.4, -0.2) is 11.6 Å². The highest BCUT2D eigenvalue weighted by atomic mass is 16.5. The van der Waals surface area contributed by atoms with Gasteiger partial charge in [-0.15, -0.1) is 0 Å². The highest BCUT2D eigenvalue weighted by Gasteiger charge is 2.20. The Labute approximate surface area is 120 Å². The monoisotopic (exact) mass is 265 g/mol. The van der Waals surface area contributed by atoms with E-state index in [4.69, 9.17) is 4.74 Å². The molecular formula is C18H19NO. The van der Waals surface area contributed by atoms with Crippen LogP contribution in [-0.2, 0) is 11.3 Å². The van der Waals surface area contributed by atoms with Gasteiger partial charge in [0.1, 0.15) is 0 Å². The number of fused-ring (bicyclic) bond motifs is 1. The number of aromatic nitrogens is 1. The van der Waals surface area contributed by atoms with Gasteiger partial charge in [0.25, 0.3) is 0 Å². The van der Waals surface area contributed by atoms with E-state index < -0.39 is 0 Å². The molecule has 1 aliphatic heterocycles. The number of benzene rings is 1. The molecule has 0 bridgehead atoms. The van der Waals surface area contributed by atoms with E-state index in [1.165, 1.54) is 33.4 Å². The Morgan fingerprint density at radius 3 is 2.95 bits per heavy atom. The molecule has 0 fully saturated rings. The Morgan fingerprint density at radius 1 is 1.35 bits per heavy atom. The molecule has 1 aromatic carbocycles. The molecule has 2 heterocycles. The van der Waals surface area contributed by atoms with Gasteiger partial charge in [0.2, 0.25) is 0 Å². The second-order valence-electron chi connectivity index (χ2n) is 5.45. The van der Waals surface area contributed by atoms with Crippen molar-refractivity contribution in [3.05, 3.63) is 59.4 Å². The van der Waals surface area contributed by atoms with Gasteiger partial charge in [0.05, 0.1) is 13.2 Å². The van der Waals surface area contributed by atoms with Gasteiger partial charge in [-0.2, -0.15) is 0 Å². The molecule has 0 saturated carbocycles. The summed E-state index contributed by atoms with van der Waals surface area (Å²) in [6, 6.07) is 6.46. The molecule has 1 atom stereocenters. The first-order valence-electron chi connectivity index (χ1n) is 6.98. The lowest BCUT2D eigenvalue weighted by Crippen LogP contribution is -2.15. The fourth-order valence-electron chi connectivity index (χ4n) is 2.84. The van der Waals surface area contributed by atoms with Gasteiger partial charge in [-0.05, 0) is 34.7 Å². The maximum absolute atomic E-state index is 5.70. The first-order chi connectivity index (χ1) is 9.70. The van der Waals surface area contributed by atoms with Crippen molar-refractivity contribution in [3.63, 3.8) is 0 Å². The Hall–Kier alpha value is -1.93. The predicted octanol–water partition coefficient (Wildman–Crippen LogP) is 4.33. The van der Waals surface area contributed by atoms with Crippen molar-refractivity contribution in [1.29, 1.82) is 0 Å². The smallest absolute Gasteiger partial charge is 0.0727 e. The van der Waals surface area contributed by atoms with E-state index in [0.29, 0.717) is 12.5 Å². The zero-order valence-corrected chi connectivity index (χ0v) is 12.0. The standard InChI is InChI=1S/C18H19NO/c1-4-14-5-6-15(7-12(14)2)17-9-19-8-16-13(3)10-20-11-18(16)17/h4-9,13H,1,10-11H2,2-3H3. The van der Waals surface area contributed by atoms with Crippen molar-refractivity contribution in [2.75, 3.05) is 6.61 Å². The van der Waals surface area contributed by atoms with Gasteiger partial charge in [-0.25, -0.2) is 0 Å². The third kappa shape index (κ3) is 2.16. The molecule has 0 radical (unpaired) electrons. The minimum absolute atomic E-state index is 0.416. The second-order valence-corrected chi connectivity index (χ2v) is 5.45. The van der Waals surface area contributed by atoms with E-state index in [0.717, 1.165) is 6.61 Å². The largest absolute Gasteiger partial charge is 0.376 e. The van der Waals surface area contributed by atoms with Crippen LogP contribution < -0.4 is 0 Å². The molecule has 1 aromatic heterocycles. The van der Waals surface area contributed by atoms with Crippen molar-refractivity contribution >= 4 is 6.08 Å². The van der Waals surface area contributed by atoms with Gasteiger partial charge in [0, 0.05) is 23.9 Å². The quantitative estimate of drug-likeness (QED) is 0.806. The number of ether oxygens (including phenoxy) is 1. The molecular weight excluding hydrogens is 246 g/mol. The zero-order chi connectivity index (χ0) is 14.1. The van der Waals surface area contributed by atoms with Crippen LogP contribution in [0.3, 0.4) is 0 Å². The number of nitrogens with zero attached hydrogens (tertiary/aromatic N) is 1. The molecule has 0 spiro atoms. The third-order valence-electron chi connectivity index (χ3n) is 4.04. The van der Waals surface area contributed by atoms with Crippen LogP contribution >= 0.6 is 0 Å². The molecule has 2 heteroatoms. The lowest BCUT2D eigenvalue weighted by atomic mass is 9.90. The SMILES string of the molecule is C=Cc1ccc(-c2cncc3c2COCC3C)cc1C. The second kappa shape index (κ2) is 5.22. The molecule has 0 amide bonds. The summed E-state index contributed by atoms with van der Waals surface area (Å²) >= 11 is 0. The first-order valence-corrected chi connectivity index (χ1v) is 6.98. The minimum atomic E-state index is 0.416. The number of hydrogen-bond acceptors (Lipinski definition) is 2. The number of rotatable bonds is 2. The van der Waals surface area contributed by atoms with Gasteiger partial charge in [-0.1, -0.05) is 37.8 Å². The Kier molecular flexibility index (Phi) is 3.41. The van der Waals surface area contributed by atoms with Crippen LogP contribution in [0.1, 0.15) is 35.1 Å². The van der Waals surface area contributed by atoms with E-state index >= 15 is 0 Å². The molecule has 2 aromatic rings. The first kappa shape index (κ1) is 13.1. The molecule has 1 aliphatic rings. The summed E-state index contributed by atoms with van der Waals surface area (Å²) in [4.78, 5) is 4.42. The Morgan fingerprint density at radius 2 is 2.20 bits per heavy atom. The molecule has 0 saturated heterocycles. The normalized spacial score (nSPS) is 17.6. The molecule has 0 aliphatic carbocycles. The average Bonchev–Trinajstić information content (AvgIpc) is 2.47. The lowest BCUT2D eigenvalue weighted by molar-refractivity contribution is 0.0953. The third-order valence-corrected chi connectivity index (χ3v) is 4.04. The Balaban J connectivity index is 2.13. The van der Waals surface area contributed by atoms with Crippen LogP contribution in [0.4, 0.5) is 0 Å². The van der Waals surface area contributed by atoms with Crippen molar-refractivity contribution in [1.82, 2.24) is 4.98 Å². The fraction of sp³-hybridized carbons (Fsp3) is 0.278. The number of pyridine rings is 1. The van der Waals surface area contributed by atoms with Gasteiger partial charge < -0.3 is 4.74 Å². The van der Waals surface area contributed by atoms with E-state index in [2.05, 4.69) is 43.6 Å². The van der Waals surface area contributed by atoms with Crippen LogP contribution in [0.2, 0.25) is 0 Å². The van der Waals surface area contributed by atoms with Crippen molar-refractivity contribution < 1.29 is 4.74 Å². The molecule has 20 heavy (non-hydrogen) atoms. The number of hydrogen-bond donors (Lipinski definition) is 0. The molecule has 3 rings (SSSR count). The van der Waals surface area contributed by atoms with Crippen molar-refractivity contribution in [3.8, 4) is 11.1 Å². The van der Waals surface area contributed by atoms with E-state index in [-0.39, 0.29) is 0 Å². The molecule has 1 unspecified atom stereocenters. The molecule has 0 N–H and O–H groups in total. The van der Waals surface area contributed by atoms with E-state index in [1.54, 1.807) is 0 Å². The zero-order valence-electron chi connectivity index (χ0n) is 12.0. The summed E-state index contributed by atoms with van der Waals surface area (Å²) in [6.07, 6.45) is 5.82. The molecule has 102 valence electrons. The van der Waals surface area contributed by atoms with Crippen LogP contribution in [0.15, 0.2) is 37.2 Å². The van der Waals surface area contributed by atoms with Crippen LogP contribution in [0.5, 0.6) is 0 Å². The summed E-state index contributed by atoms with van der Waals surface area (Å²) < 4.78 is 5.70. The summed E-state index contributed by atoms with van der Waals surface area (Å²) in [6.45, 7) is 9.61. The summed E-state index contributed by atoms with van der Waals surface area (Å²) in [5.74, 6) is 0.416. The lowest BCUT2D eigenvalue weighted by Gasteiger charge is -2.24. The average molecular weight is 265 g/mol. The van der Waals surface area contributed by atoms with Gasteiger partial charge in [0.15, 0.2) is 0 Å². The van der Waals surface area contributed by atoms with Crippen LogP contribution in [0, 0.1) is 6.92 Å². The highest BCUT2D eigenvalue weighted by Crippen LogP contribution is 2.33. The van der Waals surface area contributed by atoms with Crippen LogP contribution in [0.25, 0.3) is 17.2 Å². The maximum Gasteiger partial charge on any atom is 0.0727 e. The summed E-state index contributed by atoms with van der Waals surface area (Å²) in [5.41, 5.74) is 7.41. The maximum atomic E-state index is 5.70. The van der Waals surface area contributed by atoms with Gasteiger partial charge in [-0.3, -0.25) is 4.98 Å². The van der Waals surface area contributed by atoms with Gasteiger partial charge >= 0.3 is 0 Å². The Bertz CT molecular complexity index is 660. The minimum Gasteiger partial charge on any atom is -0.376 e. The summed E-state index contributed by atoms with van der Waals surface area (Å²) in [5, 5.41) is 0. The van der Waals surface area contributed by atoms with Crippen molar-refractivity contribution in [2.45, 2.75) is 26.4 Å². The van der Waals surface area contributed by atoms with Crippen molar-refractivity contribution in [2.24, 2.45) is 0 Å². The highest BCUT2D eigenvalue weighted by molar-refractivity contribution is 5.71. The summed E-state index contributed by atoms with van der Waals surface area (Å²) in [7, 11) is 0. The predicted molar refractivity (Wildman–Crippen MR) is 82.6 cm³/mol. The number of aryl methyl sites for hydroxylation is 1. The van der Waals surface area contributed by atoms with E-state index in [1.807, 2.05) is 18.5 Å². The fourth-order valence-corrected chi connectivity index (χ4v) is 2.84. The topological polar surface area (TPSA) is 22.1 Å².